The van der Waals surface area contributed by atoms with Gasteiger partial charge < -0.3 is 4.90 Å². The summed E-state index contributed by atoms with van der Waals surface area (Å²) in [7, 11) is 0. The first-order chi connectivity index (χ1) is 12.7. The van der Waals surface area contributed by atoms with E-state index >= 15 is 0 Å². The average Bonchev–Trinajstić information content (AvgIpc) is 3.23. The molecule has 0 N–H and O–H groups in total. The van der Waals surface area contributed by atoms with Crippen molar-refractivity contribution in [2.45, 2.75) is 18.9 Å². The number of carbonyl (C=O) groups excluding carboxylic acids is 1. The number of piperidine rings is 1. The Morgan fingerprint density at radius 1 is 0.962 bits per heavy atom. The number of rotatable bonds is 3. The van der Waals surface area contributed by atoms with Gasteiger partial charge in [-0.05, 0) is 48.2 Å². The fraction of sp³-hybridized carbons (Fsp3) is 0.250. The first kappa shape index (κ1) is 16.4. The molecule has 6 heteroatoms. The maximum atomic E-state index is 13.0. The van der Waals surface area contributed by atoms with Crippen LogP contribution in [0.5, 0.6) is 0 Å². The first-order valence-corrected chi connectivity index (χ1v) is 8.72. The van der Waals surface area contributed by atoms with Crippen molar-refractivity contribution in [2.24, 2.45) is 0 Å². The van der Waals surface area contributed by atoms with Crippen LogP contribution < -0.4 is 0 Å². The van der Waals surface area contributed by atoms with Crippen LogP contribution in [0, 0.1) is 5.82 Å². The van der Waals surface area contributed by atoms with Crippen molar-refractivity contribution in [1.29, 1.82) is 0 Å². The molecule has 132 valence electrons. The molecular weight excluding hydrogens is 331 g/mol. The molecule has 0 atom stereocenters. The van der Waals surface area contributed by atoms with E-state index < -0.39 is 0 Å². The van der Waals surface area contributed by atoms with E-state index in [1.807, 2.05) is 40.0 Å². The lowest BCUT2D eigenvalue weighted by Crippen LogP contribution is -2.39. The molecule has 1 aromatic heterocycles. The van der Waals surface area contributed by atoms with Crippen molar-refractivity contribution >= 4 is 5.91 Å². The molecule has 1 aliphatic heterocycles. The van der Waals surface area contributed by atoms with Crippen molar-refractivity contribution in [1.82, 2.24) is 19.9 Å². The number of amides is 1. The minimum Gasteiger partial charge on any atom is -0.338 e. The van der Waals surface area contributed by atoms with E-state index in [2.05, 4.69) is 10.3 Å². The second-order valence-electron chi connectivity index (χ2n) is 6.49. The minimum absolute atomic E-state index is 0.0488. The van der Waals surface area contributed by atoms with Crippen LogP contribution in [0.4, 0.5) is 4.39 Å². The molecule has 26 heavy (non-hydrogen) atoms. The molecule has 1 fully saturated rings. The van der Waals surface area contributed by atoms with Gasteiger partial charge in [0.1, 0.15) is 5.82 Å². The molecule has 5 nitrogen and oxygen atoms in total. The molecule has 2 aromatic carbocycles. The lowest BCUT2D eigenvalue weighted by Gasteiger charge is -2.31. The largest absolute Gasteiger partial charge is 0.338 e. The van der Waals surface area contributed by atoms with Gasteiger partial charge in [0.2, 0.25) is 0 Å². The molecule has 4 rings (SSSR count). The van der Waals surface area contributed by atoms with Gasteiger partial charge in [-0.2, -0.15) is 0 Å². The highest BCUT2D eigenvalue weighted by molar-refractivity contribution is 5.94. The monoisotopic (exact) mass is 350 g/mol. The molecule has 3 aromatic rings. The van der Waals surface area contributed by atoms with Gasteiger partial charge >= 0.3 is 0 Å². The van der Waals surface area contributed by atoms with E-state index in [0.717, 1.165) is 24.0 Å². The van der Waals surface area contributed by atoms with E-state index in [1.54, 1.807) is 18.3 Å². The van der Waals surface area contributed by atoms with Gasteiger partial charge in [0.25, 0.3) is 5.91 Å². The lowest BCUT2D eigenvalue weighted by molar-refractivity contribution is 0.0689. The maximum absolute atomic E-state index is 13.0. The number of nitrogens with zero attached hydrogens (tertiary/aromatic N) is 4. The third-order valence-corrected chi connectivity index (χ3v) is 4.88. The van der Waals surface area contributed by atoms with E-state index in [-0.39, 0.29) is 11.7 Å². The van der Waals surface area contributed by atoms with Crippen LogP contribution in [-0.2, 0) is 0 Å². The highest BCUT2D eigenvalue weighted by Crippen LogP contribution is 2.24. The topological polar surface area (TPSA) is 51.0 Å². The highest BCUT2D eigenvalue weighted by atomic mass is 19.1. The molecule has 2 heterocycles. The number of aromatic nitrogens is 3. The van der Waals surface area contributed by atoms with Crippen molar-refractivity contribution in [3.63, 3.8) is 0 Å². The van der Waals surface area contributed by atoms with Crippen LogP contribution in [0.25, 0.3) is 11.1 Å². The Morgan fingerprint density at radius 2 is 1.58 bits per heavy atom. The first-order valence-electron chi connectivity index (χ1n) is 8.72. The number of carbonyl (C=O) groups is 1. The smallest absolute Gasteiger partial charge is 0.253 e. The third-order valence-electron chi connectivity index (χ3n) is 4.88. The predicted octanol–water partition coefficient (Wildman–Crippen LogP) is 3.56. The predicted molar refractivity (Wildman–Crippen MR) is 96.0 cm³/mol. The lowest BCUT2D eigenvalue weighted by atomic mass is 10.0. The van der Waals surface area contributed by atoms with Gasteiger partial charge in [-0.3, -0.25) is 4.79 Å². The van der Waals surface area contributed by atoms with Gasteiger partial charge in [-0.15, -0.1) is 5.10 Å². The zero-order chi connectivity index (χ0) is 17.9. The van der Waals surface area contributed by atoms with Gasteiger partial charge in [0.15, 0.2) is 0 Å². The zero-order valence-electron chi connectivity index (χ0n) is 14.3. The molecule has 0 spiro atoms. The molecule has 1 aliphatic rings. The Balaban J connectivity index is 1.41. The molecule has 0 bridgehead atoms. The summed E-state index contributed by atoms with van der Waals surface area (Å²) in [5, 5.41) is 7.90. The molecular formula is C20H19FN4O. The fourth-order valence-electron chi connectivity index (χ4n) is 3.38. The summed E-state index contributed by atoms with van der Waals surface area (Å²) in [5.41, 5.74) is 2.57. The van der Waals surface area contributed by atoms with Gasteiger partial charge in [0, 0.05) is 24.8 Å². The average molecular weight is 350 g/mol. The summed E-state index contributed by atoms with van der Waals surface area (Å²) in [5.74, 6) is -0.206. The molecule has 0 radical (unpaired) electrons. The summed E-state index contributed by atoms with van der Waals surface area (Å²) in [6, 6.07) is 14.1. The SMILES string of the molecule is O=C(c1ccc(-c2ccc(F)cc2)cc1)N1CCC(n2ccnn2)CC1. The fourth-order valence-corrected chi connectivity index (χ4v) is 3.38. The minimum atomic E-state index is -0.255. The van der Waals surface area contributed by atoms with Crippen LogP contribution in [0.3, 0.4) is 0 Å². The van der Waals surface area contributed by atoms with Gasteiger partial charge in [0.05, 0.1) is 12.2 Å². The number of likely N-dealkylation sites (tertiary alicyclic amines) is 1. The summed E-state index contributed by atoms with van der Waals surface area (Å²) in [6.07, 6.45) is 5.31. The highest BCUT2D eigenvalue weighted by Gasteiger charge is 2.24. The normalized spacial score (nSPS) is 15.2. The summed E-state index contributed by atoms with van der Waals surface area (Å²) in [4.78, 5) is 14.6. The van der Waals surface area contributed by atoms with Crippen molar-refractivity contribution < 1.29 is 9.18 Å². The van der Waals surface area contributed by atoms with Crippen LogP contribution in [0.15, 0.2) is 60.9 Å². The number of hydrogen-bond donors (Lipinski definition) is 0. The summed E-state index contributed by atoms with van der Waals surface area (Å²) in [6.45, 7) is 1.42. The van der Waals surface area contributed by atoms with Crippen LogP contribution in [0.1, 0.15) is 29.2 Å². The Kier molecular flexibility index (Phi) is 4.48. The number of benzene rings is 2. The third kappa shape index (κ3) is 3.35. The van der Waals surface area contributed by atoms with E-state index in [9.17, 15) is 9.18 Å². The molecule has 0 aliphatic carbocycles. The zero-order valence-corrected chi connectivity index (χ0v) is 14.3. The van der Waals surface area contributed by atoms with Gasteiger partial charge in [-0.25, -0.2) is 9.07 Å². The number of halogens is 1. The molecule has 1 saturated heterocycles. The Labute approximate surface area is 151 Å². The maximum Gasteiger partial charge on any atom is 0.253 e. The standard InChI is InChI=1S/C20H19FN4O/c21-18-7-5-16(6-8-18)15-1-3-17(4-2-15)20(26)24-12-9-19(10-13-24)25-14-11-22-23-25/h1-8,11,14,19H,9-10,12-13H2. The Hall–Kier alpha value is -3.02. The second-order valence-corrected chi connectivity index (χ2v) is 6.49. The van der Waals surface area contributed by atoms with Crippen molar-refractivity contribution in [3.8, 4) is 11.1 Å². The molecule has 0 saturated carbocycles. The van der Waals surface area contributed by atoms with Crippen LogP contribution >= 0.6 is 0 Å². The second kappa shape index (κ2) is 7.07. The Bertz CT molecular complexity index is 867. The molecule has 1 amide bonds. The number of hydrogen-bond acceptors (Lipinski definition) is 3. The van der Waals surface area contributed by atoms with E-state index in [0.29, 0.717) is 24.7 Å². The molecule has 0 unspecified atom stereocenters. The Morgan fingerprint density at radius 3 is 2.15 bits per heavy atom. The van der Waals surface area contributed by atoms with Gasteiger partial charge in [-0.1, -0.05) is 29.5 Å². The van der Waals surface area contributed by atoms with Crippen molar-refractivity contribution in [2.75, 3.05) is 13.1 Å². The van der Waals surface area contributed by atoms with E-state index in [4.69, 9.17) is 0 Å². The van der Waals surface area contributed by atoms with Crippen molar-refractivity contribution in [3.05, 3.63) is 72.3 Å². The summed E-state index contributed by atoms with van der Waals surface area (Å²) >= 11 is 0. The summed E-state index contributed by atoms with van der Waals surface area (Å²) < 4.78 is 14.9. The quantitative estimate of drug-likeness (QED) is 0.726. The van der Waals surface area contributed by atoms with Crippen LogP contribution in [-0.4, -0.2) is 38.9 Å². The van der Waals surface area contributed by atoms with Crippen LogP contribution in [0.2, 0.25) is 0 Å². The van der Waals surface area contributed by atoms with E-state index in [1.165, 1.54) is 12.1 Å².